The van der Waals surface area contributed by atoms with Gasteiger partial charge in [0.15, 0.2) is 0 Å². The molecular formula is C22H28O3S. The lowest BCUT2D eigenvalue weighted by atomic mass is 9.82. The molecule has 3 nitrogen and oxygen atoms in total. The lowest BCUT2D eigenvalue weighted by Crippen LogP contribution is -2.29. The summed E-state index contributed by atoms with van der Waals surface area (Å²) >= 11 is 0. The van der Waals surface area contributed by atoms with Gasteiger partial charge in [0.25, 0.3) is 10.1 Å². The van der Waals surface area contributed by atoms with Crippen molar-refractivity contribution in [2.45, 2.75) is 68.8 Å². The lowest BCUT2D eigenvalue weighted by molar-refractivity contribution is 0.0822. The highest BCUT2D eigenvalue weighted by molar-refractivity contribution is 7.86. The summed E-state index contributed by atoms with van der Waals surface area (Å²) in [5, 5.41) is 0. The Hall–Kier alpha value is -1.65. The molecule has 1 aliphatic rings. The minimum Gasteiger partial charge on any atom is -0.255 e. The maximum Gasteiger partial charge on any atom is 0.297 e. The van der Waals surface area contributed by atoms with Gasteiger partial charge in [0.2, 0.25) is 0 Å². The van der Waals surface area contributed by atoms with E-state index in [-0.39, 0.29) is 10.3 Å². The summed E-state index contributed by atoms with van der Waals surface area (Å²) in [6, 6.07) is 16.9. The molecule has 0 aliphatic heterocycles. The Morgan fingerprint density at radius 1 is 0.962 bits per heavy atom. The Balaban J connectivity index is 1.90. The highest BCUT2D eigenvalue weighted by Crippen LogP contribution is 2.44. The zero-order valence-electron chi connectivity index (χ0n) is 15.9. The smallest absolute Gasteiger partial charge is 0.255 e. The van der Waals surface area contributed by atoms with Crippen LogP contribution in [0.25, 0.3) is 0 Å². The van der Waals surface area contributed by atoms with Crippen LogP contribution in [0.2, 0.25) is 0 Å². The van der Waals surface area contributed by atoms with E-state index >= 15 is 0 Å². The molecule has 0 amide bonds. The van der Waals surface area contributed by atoms with Crippen molar-refractivity contribution in [2.24, 2.45) is 0 Å². The average molecular weight is 373 g/mol. The van der Waals surface area contributed by atoms with Crippen LogP contribution in [0.3, 0.4) is 0 Å². The third-order valence-corrected chi connectivity index (χ3v) is 7.18. The van der Waals surface area contributed by atoms with E-state index < -0.39 is 15.7 Å². The van der Waals surface area contributed by atoms with E-state index in [4.69, 9.17) is 4.18 Å². The van der Waals surface area contributed by atoms with Gasteiger partial charge in [-0.05, 0) is 47.9 Å². The van der Waals surface area contributed by atoms with E-state index in [2.05, 4.69) is 20.8 Å². The van der Waals surface area contributed by atoms with Crippen LogP contribution in [0.15, 0.2) is 59.5 Å². The number of hydrogen-bond donors (Lipinski definition) is 0. The van der Waals surface area contributed by atoms with Crippen molar-refractivity contribution < 1.29 is 12.6 Å². The second-order valence-electron chi connectivity index (χ2n) is 7.87. The first-order valence-corrected chi connectivity index (χ1v) is 10.8. The van der Waals surface area contributed by atoms with Gasteiger partial charge in [-0.15, -0.1) is 0 Å². The minimum atomic E-state index is -3.82. The summed E-state index contributed by atoms with van der Waals surface area (Å²) in [5.74, 6) is 0. The molecule has 0 saturated heterocycles. The monoisotopic (exact) mass is 372 g/mol. The summed E-state index contributed by atoms with van der Waals surface area (Å²) in [6.45, 7) is 6.46. The third-order valence-electron chi connectivity index (χ3n) is 5.79. The van der Waals surface area contributed by atoms with E-state index in [0.717, 1.165) is 43.2 Å². The van der Waals surface area contributed by atoms with Crippen molar-refractivity contribution in [2.75, 3.05) is 0 Å². The molecule has 1 aliphatic carbocycles. The summed E-state index contributed by atoms with van der Waals surface area (Å²) in [5.41, 5.74) is 1.38. The van der Waals surface area contributed by atoms with Crippen LogP contribution in [-0.2, 0) is 25.3 Å². The lowest BCUT2D eigenvalue weighted by Gasteiger charge is -2.29. The maximum absolute atomic E-state index is 13.0. The Morgan fingerprint density at radius 3 is 2.08 bits per heavy atom. The zero-order valence-corrected chi connectivity index (χ0v) is 16.7. The van der Waals surface area contributed by atoms with Crippen LogP contribution in [0.4, 0.5) is 0 Å². The van der Waals surface area contributed by atoms with E-state index in [9.17, 15) is 8.42 Å². The van der Waals surface area contributed by atoms with Gasteiger partial charge < -0.3 is 0 Å². The maximum atomic E-state index is 13.0. The van der Waals surface area contributed by atoms with Gasteiger partial charge in [0, 0.05) is 0 Å². The number of rotatable bonds is 6. The SMILES string of the molecule is CCC(C)(C)c1ccc(S(=O)(=O)OC2(c3ccccc3)CCCC2)cc1. The van der Waals surface area contributed by atoms with Crippen LogP contribution in [0.1, 0.15) is 64.0 Å². The Kier molecular flexibility index (Phi) is 5.27. The standard InChI is InChI=1S/C22H28O3S/c1-4-21(2,3)18-12-14-20(15-13-18)26(23,24)25-22(16-8-9-17-22)19-10-6-5-7-11-19/h5-7,10-15H,4,8-9,16-17H2,1-3H3. The van der Waals surface area contributed by atoms with Crippen LogP contribution in [0, 0.1) is 0 Å². The Bertz CT molecular complexity index is 831. The molecule has 0 atom stereocenters. The second kappa shape index (κ2) is 7.16. The van der Waals surface area contributed by atoms with Crippen molar-refractivity contribution >= 4 is 10.1 Å². The summed E-state index contributed by atoms with van der Waals surface area (Å²) in [4.78, 5) is 0.232. The normalized spacial score (nSPS) is 17.3. The van der Waals surface area contributed by atoms with Crippen LogP contribution >= 0.6 is 0 Å². The molecule has 0 heterocycles. The molecule has 1 fully saturated rings. The van der Waals surface area contributed by atoms with Gasteiger partial charge in [-0.3, -0.25) is 4.18 Å². The first kappa shape index (κ1) is 19.1. The summed E-state index contributed by atoms with van der Waals surface area (Å²) in [7, 11) is -3.82. The molecule has 4 heteroatoms. The highest BCUT2D eigenvalue weighted by atomic mass is 32.2. The predicted octanol–water partition coefficient (Wildman–Crippen LogP) is 5.55. The largest absolute Gasteiger partial charge is 0.297 e. The molecule has 1 saturated carbocycles. The molecule has 2 aromatic rings. The molecule has 0 unspecified atom stereocenters. The summed E-state index contributed by atoms with van der Waals surface area (Å²) < 4.78 is 31.8. The molecule has 0 aromatic heterocycles. The van der Waals surface area contributed by atoms with Crippen LogP contribution in [0.5, 0.6) is 0 Å². The fourth-order valence-electron chi connectivity index (χ4n) is 3.64. The second-order valence-corrected chi connectivity index (χ2v) is 9.41. The molecule has 2 aromatic carbocycles. The van der Waals surface area contributed by atoms with Crippen molar-refractivity contribution in [3.63, 3.8) is 0 Å². The van der Waals surface area contributed by atoms with Crippen molar-refractivity contribution in [3.8, 4) is 0 Å². The van der Waals surface area contributed by atoms with Gasteiger partial charge in [0.05, 0.1) is 4.90 Å². The molecule has 0 bridgehead atoms. The fourth-order valence-corrected chi connectivity index (χ4v) is 4.89. The molecule has 140 valence electrons. The third kappa shape index (κ3) is 3.72. The fraction of sp³-hybridized carbons (Fsp3) is 0.455. The predicted molar refractivity (Wildman–Crippen MR) is 105 cm³/mol. The molecule has 26 heavy (non-hydrogen) atoms. The first-order chi connectivity index (χ1) is 12.3. The van der Waals surface area contributed by atoms with E-state index in [1.54, 1.807) is 12.1 Å². The van der Waals surface area contributed by atoms with E-state index in [1.807, 2.05) is 42.5 Å². The minimum absolute atomic E-state index is 0.0276. The Labute approximate surface area is 157 Å². The topological polar surface area (TPSA) is 43.4 Å². The van der Waals surface area contributed by atoms with E-state index in [0.29, 0.717) is 0 Å². The number of benzene rings is 2. The van der Waals surface area contributed by atoms with Crippen LogP contribution in [-0.4, -0.2) is 8.42 Å². The highest BCUT2D eigenvalue weighted by Gasteiger charge is 2.41. The van der Waals surface area contributed by atoms with Gasteiger partial charge >= 0.3 is 0 Å². The Morgan fingerprint density at radius 2 is 1.54 bits per heavy atom. The molecule has 0 radical (unpaired) electrons. The molecule has 0 spiro atoms. The van der Waals surface area contributed by atoms with Gasteiger partial charge in [0.1, 0.15) is 5.60 Å². The average Bonchev–Trinajstić information content (AvgIpc) is 3.11. The van der Waals surface area contributed by atoms with Crippen molar-refractivity contribution in [1.29, 1.82) is 0 Å². The summed E-state index contributed by atoms with van der Waals surface area (Å²) in [6.07, 6.45) is 4.42. The molecular weight excluding hydrogens is 344 g/mol. The van der Waals surface area contributed by atoms with Crippen molar-refractivity contribution in [3.05, 3.63) is 65.7 Å². The van der Waals surface area contributed by atoms with Crippen LogP contribution < -0.4 is 0 Å². The molecule has 0 N–H and O–H groups in total. The van der Waals surface area contributed by atoms with Gasteiger partial charge in [-0.2, -0.15) is 8.42 Å². The van der Waals surface area contributed by atoms with E-state index in [1.165, 1.54) is 0 Å². The quantitative estimate of drug-likeness (QED) is 0.625. The number of hydrogen-bond acceptors (Lipinski definition) is 3. The van der Waals surface area contributed by atoms with Gasteiger partial charge in [-0.1, -0.05) is 76.1 Å². The molecule has 3 rings (SSSR count). The first-order valence-electron chi connectivity index (χ1n) is 9.41. The van der Waals surface area contributed by atoms with Crippen molar-refractivity contribution in [1.82, 2.24) is 0 Å². The van der Waals surface area contributed by atoms with Gasteiger partial charge in [-0.25, -0.2) is 0 Å². The zero-order chi connectivity index (χ0) is 18.8.